The first-order valence-corrected chi connectivity index (χ1v) is 12.6. The highest BCUT2D eigenvalue weighted by Crippen LogP contribution is 2.64. The van der Waals surface area contributed by atoms with Crippen LogP contribution < -0.4 is 5.32 Å². The summed E-state index contributed by atoms with van der Waals surface area (Å²) in [6.45, 7) is 6.59. The van der Waals surface area contributed by atoms with Gasteiger partial charge in [-0.25, -0.2) is 9.67 Å². The van der Waals surface area contributed by atoms with E-state index in [-0.39, 0.29) is 22.9 Å². The summed E-state index contributed by atoms with van der Waals surface area (Å²) in [6, 6.07) is 8.81. The Bertz CT molecular complexity index is 954. The Balaban J connectivity index is 1.35. The second-order valence-electron chi connectivity index (χ2n) is 10.6. The number of hydrogen-bond donors (Lipinski definition) is 1. The van der Waals surface area contributed by atoms with Crippen LogP contribution >= 0.6 is 15.9 Å². The standard InChI is InChI=1S/C25H33BrN4O/c1-4-16(2)20-5-7-21(8-6-20)17(3)28-22(31)24-10-18-9-19(11-24)13-25(12-18,14-24)30-15-27-23(26)29-30/h5-8,15-19H,4,9-14H2,1-3H3,(H,28,31)/t16-,17-,18-,19+,24?,25?/m1/s1. The van der Waals surface area contributed by atoms with Gasteiger partial charge in [0, 0.05) is 0 Å². The zero-order chi connectivity index (χ0) is 21.8. The number of carbonyl (C=O) groups is 1. The Morgan fingerprint density at radius 3 is 2.39 bits per heavy atom. The predicted octanol–water partition coefficient (Wildman–Crippen LogP) is 5.73. The minimum atomic E-state index is -0.270. The quantitative estimate of drug-likeness (QED) is 0.569. The van der Waals surface area contributed by atoms with E-state index in [0.717, 1.165) is 38.5 Å². The van der Waals surface area contributed by atoms with E-state index >= 15 is 0 Å². The zero-order valence-corrected chi connectivity index (χ0v) is 20.4. The molecular weight excluding hydrogens is 452 g/mol. The van der Waals surface area contributed by atoms with E-state index in [0.29, 0.717) is 22.5 Å². The molecule has 166 valence electrons. The van der Waals surface area contributed by atoms with Crippen molar-refractivity contribution in [3.8, 4) is 0 Å². The molecule has 0 saturated heterocycles. The first-order chi connectivity index (χ1) is 14.8. The number of amides is 1. The fourth-order valence-electron chi connectivity index (χ4n) is 7.00. The summed E-state index contributed by atoms with van der Waals surface area (Å²) in [5.41, 5.74) is 2.22. The third-order valence-electron chi connectivity index (χ3n) is 8.43. The summed E-state index contributed by atoms with van der Waals surface area (Å²) < 4.78 is 2.70. The number of nitrogens with one attached hydrogen (secondary N) is 1. The van der Waals surface area contributed by atoms with Crippen LogP contribution in [-0.2, 0) is 10.3 Å². The normalized spacial score (nSPS) is 33.3. The number of rotatable bonds is 6. The fourth-order valence-corrected chi connectivity index (χ4v) is 7.26. The Labute approximate surface area is 193 Å². The van der Waals surface area contributed by atoms with Gasteiger partial charge in [0.25, 0.3) is 0 Å². The van der Waals surface area contributed by atoms with Gasteiger partial charge in [-0.05, 0) is 96.7 Å². The van der Waals surface area contributed by atoms with Crippen molar-refractivity contribution >= 4 is 21.8 Å². The molecule has 4 saturated carbocycles. The van der Waals surface area contributed by atoms with Gasteiger partial charge >= 0.3 is 0 Å². The number of halogens is 1. The molecule has 6 rings (SSSR count). The molecule has 5 nitrogen and oxygen atoms in total. The third kappa shape index (κ3) is 3.65. The van der Waals surface area contributed by atoms with Gasteiger partial charge in [-0.2, -0.15) is 0 Å². The van der Waals surface area contributed by atoms with Crippen molar-refractivity contribution in [2.45, 2.75) is 83.2 Å². The van der Waals surface area contributed by atoms with Gasteiger partial charge in [0.05, 0.1) is 17.0 Å². The maximum atomic E-state index is 13.7. The lowest BCUT2D eigenvalue weighted by Gasteiger charge is -2.61. The van der Waals surface area contributed by atoms with E-state index in [2.05, 4.69) is 81.0 Å². The number of nitrogens with zero attached hydrogens (tertiary/aromatic N) is 3. The van der Waals surface area contributed by atoms with Gasteiger partial charge in [-0.1, -0.05) is 38.1 Å². The first-order valence-electron chi connectivity index (χ1n) is 11.8. The van der Waals surface area contributed by atoms with Crippen molar-refractivity contribution in [2.24, 2.45) is 17.3 Å². The van der Waals surface area contributed by atoms with Crippen LogP contribution in [0.25, 0.3) is 0 Å². The lowest BCUT2D eigenvalue weighted by atomic mass is 9.46. The van der Waals surface area contributed by atoms with E-state index in [1.54, 1.807) is 0 Å². The molecule has 2 aromatic rings. The summed E-state index contributed by atoms with van der Waals surface area (Å²) in [6.07, 6.45) is 9.43. The highest BCUT2D eigenvalue weighted by atomic mass is 79.9. The molecule has 4 fully saturated rings. The maximum Gasteiger partial charge on any atom is 0.226 e. The molecule has 2 unspecified atom stereocenters. The molecule has 1 aromatic heterocycles. The summed E-state index contributed by atoms with van der Waals surface area (Å²) in [5, 5.41) is 8.02. The van der Waals surface area contributed by atoms with Crippen LogP contribution in [0.15, 0.2) is 35.3 Å². The predicted molar refractivity (Wildman–Crippen MR) is 125 cm³/mol. The highest BCUT2D eigenvalue weighted by Gasteiger charge is 2.61. The molecule has 4 bridgehead atoms. The lowest BCUT2D eigenvalue weighted by Crippen LogP contribution is -2.61. The molecule has 1 amide bonds. The van der Waals surface area contributed by atoms with Crippen molar-refractivity contribution in [1.82, 2.24) is 20.1 Å². The van der Waals surface area contributed by atoms with Crippen molar-refractivity contribution in [3.05, 3.63) is 46.5 Å². The molecule has 0 aliphatic heterocycles. The van der Waals surface area contributed by atoms with Crippen molar-refractivity contribution in [1.29, 1.82) is 0 Å². The molecule has 31 heavy (non-hydrogen) atoms. The van der Waals surface area contributed by atoms with E-state index in [1.807, 2.05) is 6.33 Å². The van der Waals surface area contributed by atoms with Gasteiger partial charge in [-0.15, -0.1) is 5.10 Å². The minimum Gasteiger partial charge on any atom is -0.349 e. The van der Waals surface area contributed by atoms with Crippen LogP contribution in [0.1, 0.15) is 88.8 Å². The van der Waals surface area contributed by atoms with Crippen LogP contribution in [0.4, 0.5) is 0 Å². The largest absolute Gasteiger partial charge is 0.349 e. The molecule has 1 heterocycles. The Hall–Kier alpha value is -1.69. The topological polar surface area (TPSA) is 59.8 Å². The molecule has 4 aliphatic carbocycles. The molecule has 6 atom stereocenters. The lowest BCUT2D eigenvalue weighted by molar-refractivity contribution is -0.156. The second kappa shape index (κ2) is 7.72. The Kier molecular flexibility index (Phi) is 5.27. The highest BCUT2D eigenvalue weighted by molar-refractivity contribution is 9.10. The second-order valence-corrected chi connectivity index (χ2v) is 11.3. The van der Waals surface area contributed by atoms with E-state index in [4.69, 9.17) is 0 Å². The van der Waals surface area contributed by atoms with Crippen LogP contribution in [-0.4, -0.2) is 20.7 Å². The number of carbonyl (C=O) groups excluding carboxylic acids is 1. The van der Waals surface area contributed by atoms with Crippen LogP contribution in [0, 0.1) is 17.3 Å². The minimum absolute atomic E-state index is 0.0166. The van der Waals surface area contributed by atoms with Gasteiger partial charge in [0.15, 0.2) is 0 Å². The molecule has 1 N–H and O–H groups in total. The van der Waals surface area contributed by atoms with E-state index in [1.165, 1.54) is 17.5 Å². The zero-order valence-electron chi connectivity index (χ0n) is 18.8. The van der Waals surface area contributed by atoms with Crippen molar-refractivity contribution in [2.75, 3.05) is 0 Å². The summed E-state index contributed by atoms with van der Waals surface area (Å²) >= 11 is 3.41. The van der Waals surface area contributed by atoms with E-state index < -0.39 is 0 Å². The summed E-state index contributed by atoms with van der Waals surface area (Å²) in [5.74, 6) is 2.03. The molecular formula is C25H33BrN4O. The van der Waals surface area contributed by atoms with Gasteiger partial charge in [0.2, 0.25) is 10.6 Å². The van der Waals surface area contributed by atoms with Crippen LogP contribution in [0.3, 0.4) is 0 Å². The monoisotopic (exact) mass is 484 g/mol. The molecule has 4 aliphatic rings. The molecule has 6 heteroatoms. The van der Waals surface area contributed by atoms with Crippen molar-refractivity contribution < 1.29 is 4.79 Å². The third-order valence-corrected chi connectivity index (χ3v) is 8.79. The molecule has 1 aromatic carbocycles. The van der Waals surface area contributed by atoms with Crippen LogP contribution in [0.5, 0.6) is 0 Å². The van der Waals surface area contributed by atoms with Crippen LogP contribution in [0.2, 0.25) is 0 Å². The number of benzene rings is 1. The number of aromatic nitrogens is 3. The molecule has 0 radical (unpaired) electrons. The summed E-state index contributed by atoms with van der Waals surface area (Å²) in [4.78, 5) is 18.0. The smallest absolute Gasteiger partial charge is 0.226 e. The van der Waals surface area contributed by atoms with Gasteiger partial charge in [0.1, 0.15) is 6.33 Å². The molecule has 0 spiro atoms. The van der Waals surface area contributed by atoms with Gasteiger partial charge < -0.3 is 5.32 Å². The average Bonchev–Trinajstić information content (AvgIpc) is 3.19. The van der Waals surface area contributed by atoms with Crippen molar-refractivity contribution in [3.63, 3.8) is 0 Å². The maximum absolute atomic E-state index is 13.7. The Morgan fingerprint density at radius 1 is 1.16 bits per heavy atom. The SMILES string of the molecule is CC[C@@H](C)c1ccc([C@@H](C)NC(=O)C23C[C@H]4C[C@@H](C2)CC(n2cnc(Br)n2)(C4)C3)cc1. The fraction of sp³-hybridized carbons (Fsp3) is 0.640. The first kappa shape index (κ1) is 21.2. The summed E-state index contributed by atoms with van der Waals surface area (Å²) in [7, 11) is 0. The number of hydrogen-bond acceptors (Lipinski definition) is 3. The average molecular weight is 485 g/mol. The Morgan fingerprint density at radius 2 is 1.81 bits per heavy atom. The van der Waals surface area contributed by atoms with Gasteiger partial charge in [-0.3, -0.25) is 4.79 Å². The van der Waals surface area contributed by atoms with E-state index in [9.17, 15) is 4.79 Å².